The molecule has 0 saturated heterocycles. The molecule has 0 aliphatic carbocycles. The van der Waals surface area contributed by atoms with E-state index in [1.165, 1.54) is 12.2 Å². The van der Waals surface area contributed by atoms with Gasteiger partial charge in [-0.3, -0.25) is 0 Å². The van der Waals surface area contributed by atoms with Crippen LogP contribution in [0.1, 0.15) is 34.1 Å². The second kappa shape index (κ2) is 7.93. The highest BCUT2D eigenvalue weighted by molar-refractivity contribution is 7.99. The summed E-state index contributed by atoms with van der Waals surface area (Å²) < 4.78 is 0. The minimum Gasteiger partial charge on any atom is -0.316 e. The molecule has 0 saturated carbocycles. The Morgan fingerprint density at radius 2 is 1.83 bits per heavy atom. The van der Waals surface area contributed by atoms with E-state index in [0.717, 1.165) is 24.3 Å². The summed E-state index contributed by atoms with van der Waals surface area (Å²) >= 11 is 2.07. The van der Waals surface area contributed by atoms with Gasteiger partial charge >= 0.3 is 0 Å². The van der Waals surface area contributed by atoms with Crippen LogP contribution in [-0.4, -0.2) is 24.1 Å². The van der Waals surface area contributed by atoms with Crippen LogP contribution in [0.5, 0.6) is 0 Å². The van der Waals surface area contributed by atoms with Gasteiger partial charge in [0.05, 0.1) is 0 Å². The van der Waals surface area contributed by atoms with Crippen LogP contribution in [-0.2, 0) is 0 Å². The van der Waals surface area contributed by atoms with Gasteiger partial charge in [-0.2, -0.15) is 11.8 Å². The monoisotopic (exact) mass is 189 g/mol. The van der Waals surface area contributed by atoms with E-state index in [9.17, 15) is 0 Å². The van der Waals surface area contributed by atoms with Crippen LogP contribution >= 0.6 is 11.8 Å². The smallest absolute Gasteiger partial charge is 0.00608 e. The Bertz CT molecular complexity index is 93.8. The van der Waals surface area contributed by atoms with E-state index in [-0.39, 0.29) is 0 Å². The molecule has 0 aromatic carbocycles. The van der Waals surface area contributed by atoms with Gasteiger partial charge in [0.25, 0.3) is 0 Å². The van der Waals surface area contributed by atoms with Gasteiger partial charge in [-0.25, -0.2) is 0 Å². The van der Waals surface area contributed by atoms with Crippen LogP contribution in [0.3, 0.4) is 0 Å². The van der Waals surface area contributed by atoms with E-state index >= 15 is 0 Å². The molecular weight excluding hydrogens is 166 g/mol. The maximum absolute atomic E-state index is 3.41. The third-order valence-corrected chi connectivity index (χ3v) is 3.54. The molecule has 0 fully saturated rings. The van der Waals surface area contributed by atoms with Gasteiger partial charge in [-0.05, 0) is 18.9 Å². The van der Waals surface area contributed by atoms with E-state index < -0.39 is 0 Å². The quantitative estimate of drug-likeness (QED) is 0.618. The van der Waals surface area contributed by atoms with Crippen molar-refractivity contribution in [1.82, 2.24) is 5.32 Å². The van der Waals surface area contributed by atoms with Gasteiger partial charge in [-0.15, -0.1) is 0 Å². The Kier molecular flexibility index (Phi) is 8.14. The summed E-state index contributed by atoms with van der Waals surface area (Å²) in [6.07, 6.45) is 1.24. The topological polar surface area (TPSA) is 12.0 Å². The summed E-state index contributed by atoms with van der Waals surface area (Å²) in [5, 5.41) is 4.21. The zero-order valence-electron chi connectivity index (χ0n) is 8.89. The van der Waals surface area contributed by atoms with Crippen molar-refractivity contribution in [3.8, 4) is 0 Å². The van der Waals surface area contributed by atoms with Crippen LogP contribution in [0, 0.1) is 5.92 Å². The second-order valence-corrected chi connectivity index (χ2v) is 5.06. The minimum absolute atomic E-state index is 0.799. The van der Waals surface area contributed by atoms with Gasteiger partial charge in [0, 0.05) is 17.5 Å². The van der Waals surface area contributed by atoms with Crippen LogP contribution in [0.2, 0.25) is 0 Å². The fraction of sp³-hybridized carbons (Fsp3) is 1.00. The Balaban J connectivity index is 3.08. The van der Waals surface area contributed by atoms with E-state index in [2.05, 4.69) is 44.8 Å². The number of hydrogen-bond acceptors (Lipinski definition) is 2. The number of nitrogens with one attached hydrogen (secondary N) is 1. The third-order valence-electron chi connectivity index (χ3n) is 2.03. The molecule has 12 heavy (non-hydrogen) atoms. The number of hydrogen-bond donors (Lipinski definition) is 1. The van der Waals surface area contributed by atoms with Gasteiger partial charge in [0.15, 0.2) is 0 Å². The Morgan fingerprint density at radius 3 is 2.33 bits per heavy atom. The van der Waals surface area contributed by atoms with Crippen molar-refractivity contribution in [2.75, 3.05) is 18.8 Å². The van der Waals surface area contributed by atoms with Crippen molar-refractivity contribution in [2.45, 2.75) is 39.4 Å². The molecule has 0 aliphatic rings. The molecule has 0 radical (unpaired) electrons. The average Bonchev–Trinajstić information content (AvgIpc) is 2.03. The maximum Gasteiger partial charge on any atom is 0.00608 e. The standard InChI is InChI=1S/C10H23NS/c1-5-6-11-7-8-12-10(4)9(2)3/h9-11H,5-8H2,1-4H3. The molecule has 0 rings (SSSR count). The summed E-state index contributed by atoms with van der Waals surface area (Å²) in [5.74, 6) is 2.06. The van der Waals surface area contributed by atoms with Crippen molar-refractivity contribution in [2.24, 2.45) is 5.92 Å². The van der Waals surface area contributed by atoms with E-state index in [4.69, 9.17) is 0 Å². The molecule has 0 heterocycles. The molecule has 1 atom stereocenters. The van der Waals surface area contributed by atoms with Gasteiger partial charge in [0.1, 0.15) is 0 Å². The lowest BCUT2D eigenvalue weighted by Gasteiger charge is -2.14. The predicted molar refractivity (Wildman–Crippen MR) is 59.9 cm³/mol. The second-order valence-electron chi connectivity index (χ2n) is 3.57. The summed E-state index contributed by atoms with van der Waals surface area (Å²) in [4.78, 5) is 0. The highest BCUT2D eigenvalue weighted by Crippen LogP contribution is 2.17. The van der Waals surface area contributed by atoms with Gasteiger partial charge < -0.3 is 5.32 Å². The highest BCUT2D eigenvalue weighted by Gasteiger charge is 2.05. The SMILES string of the molecule is CCCNCCSC(C)C(C)C. The lowest BCUT2D eigenvalue weighted by Crippen LogP contribution is -2.19. The van der Waals surface area contributed by atoms with Crippen molar-refractivity contribution in [3.63, 3.8) is 0 Å². The fourth-order valence-corrected chi connectivity index (χ4v) is 1.83. The molecule has 0 aromatic rings. The lowest BCUT2D eigenvalue weighted by atomic mass is 10.2. The molecule has 2 heteroatoms. The predicted octanol–water partition coefficient (Wildman–Crippen LogP) is 2.76. The van der Waals surface area contributed by atoms with Crippen LogP contribution in [0.25, 0.3) is 0 Å². The molecule has 1 nitrogen and oxygen atoms in total. The summed E-state index contributed by atoms with van der Waals surface area (Å²) in [6.45, 7) is 11.4. The van der Waals surface area contributed by atoms with Crippen molar-refractivity contribution >= 4 is 11.8 Å². The summed E-state index contributed by atoms with van der Waals surface area (Å²) in [7, 11) is 0. The molecule has 0 aromatic heterocycles. The minimum atomic E-state index is 0.799. The van der Waals surface area contributed by atoms with Gasteiger partial charge in [0.2, 0.25) is 0 Å². The molecule has 1 unspecified atom stereocenters. The van der Waals surface area contributed by atoms with E-state index in [1.54, 1.807) is 0 Å². The molecule has 0 bridgehead atoms. The summed E-state index contributed by atoms with van der Waals surface area (Å²) in [5.41, 5.74) is 0. The first-order valence-corrected chi connectivity index (χ1v) is 6.05. The Labute approximate surface area is 81.7 Å². The molecular formula is C10H23NS. The molecule has 0 spiro atoms. The average molecular weight is 189 g/mol. The number of rotatable bonds is 7. The highest BCUT2D eigenvalue weighted by atomic mass is 32.2. The van der Waals surface area contributed by atoms with Gasteiger partial charge in [-0.1, -0.05) is 27.7 Å². The fourth-order valence-electron chi connectivity index (χ4n) is 0.811. The van der Waals surface area contributed by atoms with Crippen molar-refractivity contribution in [1.29, 1.82) is 0 Å². The van der Waals surface area contributed by atoms with Crippen LogP contribution in [0.15, 0.2) is 0 Å². The first-order chi connectivity index (χ1) is 5.68. The first kappa shape index (κ1) is 12.3. The zero-order valence-corrected chi connectivity index (χ0v) is 9.71. The Morgan fingerprint density at radius 1 is 1.17 bits per heavy atom. The van der Waals surface area contributed by atoms with Crippen molar-refractivity contribution in [3.05, 3.63) is 0 Å². The zero-order chi connectivity index (χ0) is 9.40. The normalized spacial score (nSPS) is 13.8. The summed E-state index contributed by atoms with van der Waals surface area (Å²) in [6, 6.07) is 0. The Hall–Kier alpha value is 0.310. The van der Waals surface area contributed by atoms with E-state index in [1.807, 2.05) is 0 Å². The lowest BCUT2D eigenvalue weighted by molar-refractivity contribution is 0.640. The molecule has 1 N–H and O–H groups in total. The third kappa shape index (κ3) is 6.99. The molecule has 0 aliphatic heterocycles. The first-order valence-electron chi connectivity index (χ1n) is 5.00. The van der Waals surface area contributed by atoms with Crippen molar-refractivity contribution < 1.29 is 0 Å². The van der Waals surface area contributed by atoms with Crippen LogP contribution in [0.4, 0.5) is 0 Å². The van der Waals surface area contributed by atoms with Crippen LogP contribution < -0.4 is 5.32 Å². The van der Waals surface area contributed by atoms with E-state index in [0.29, 0.717) is 0 Å². The molecule has 0 amide bonds. The molecule has 74 valence electrons. The largest absolute Gasteiger partial charge is 0.316 e. The maximum atomic E-state index is 3.41. The number of thioether (sulfide) groups is 1.